The van der Waals surface area contributed by atoms with Gasteiger partial charge in [-0.2, -0.15) is 11.8 Å². The predicted molar refractivity (Wildman–Crippen MR) is 321 cm³/mol. The third kappa shape index (κ3) is 26.6. The number of amides is 8. The van der Waals surface area contributed by atoms with Gasteiger partial charge in [-0.1, -0.05) is 88.8 Å². The van der Waals surface area contributed by atoms with E-state index in [1.807, 2.05) is 43.3 Å². The van der Waals surface area contributed by atoms with Gasteiger partial charge in [0.1, 0.15) is 48.3 Å². The van der Waals surface area contributed by atoms with Gasteiger partial charge in [0.15, 0.2) is 5.96 Å². The van der Waals surface area contributed by atoms with E-state index >= 15 is 0 Å². The molecular weight excluding hydrogens is 1160 g/mol. The van der Waals surface area contributed by atoms with Gasteiger partial charge in [-0.05, 0) is 63.9 Å². The Bertz CT molecular complexity index is 2660. The number of hydrogen-bond acceptors (Lipinski definition) is 16. The Morgan fingerprint density at radius 1 is 0.805 bits per heavy atom. The summed E-state index contributed by atoms with van der Waals surface area (Å²) in [7, 11) is 2.76. The summed E-state index contributed by atoms with van der Waals surface area (Å²) in [5.74, 6) is -18.2. The standard InChI is InChI=1S/C57H88N12O17S/c1-29(2)24-40-51(76)68-46(56(84)85)33(6)48(73)65-38(16-13-23-61-57(59)60)50(75)64-37(19-17-30(3)25-31(4)43(86-9)26-35-14-11-10-12-15-35)32(5)47(72)66-39(54(80)81)20-22-45(71)69(8)42(52(77)62-34(7)49(74)67-40)28-87-27-41(55(82)83)63-44(70)21-18-36(58)53(78)79/h10-12,14-15,17,19,25,29,31-34,36-43,46H,13,16,18,20-24,26-28,58H2,1-9H3,(H,62,77)(H,63,70)(H,64,75)(H,65,73)(H,66,72)(H,67,74)(H,68,76)(H,78,79)(H,80,81)(H,82,83)(H,84,85)(H4,59,60,61)/b19-17+,30-25+/t31-,32-,33-,34+,36-,37?,38?,39+,40-,41-,42?,43-,46?/m0/s1. The van der Waals surface area contributed by atoms with E-state index in [2.05, 4.69) is 42.2 Å². The van der Waals surface area contributed by atoms with Crippen LogP contribution in [0, 0.1) is 23.7 Å². The van der Waals surface area contributed by atoms with E-state index < -0.39 is 168 Å². The largest absolute Gasteiger partial charge is 0.480 e. The fourth-order valence-electron chi connectivity index (χ4n) is 8.88. The maximum absolute atomic E-state index is 14.5. The number of nitrogens with one attached hydrogen (secondary N) is 7. The third-order valence-electron chi connectivity index (χ3n) is 14.3. The molecule has 1 aromatic carbocycles. The molecule has 13 atom stereocenters. The highest BCUT2D eigenvalue weighted by Crippen LogP contribution is 2.20. The molecule has 1 heterocycles. The molecule has 0 aliphatic carbocycles. The summed E-state index contributed by atoms with van der Waals surface area (Å²) in [5, 5.41) is 57.2. The number of nitrogens with zero attached hydrogens (tertiary/aromatic N) is 2. The van der Waals surface area contributed by atoms with E-state index in [9.17, 15) is 72.9 Å². The molecule has 1 aliphatic heterocycles. The minimum Gasteiger partial charge on any atom is -0.480 e. The van der Waals surface area contributed by atoms with Crippen molar-refractivity contribution in [3.05, 3.63) is 59.7 Å². The molecule has 0 aromatic heterocycles. The number of hydrogen-bond donors (Lipinski definition) is 14. The van der Waals surface area contributed by atoms with Gasteiger partial charge < -0.3 is 84.5 Å². The number of carboxylic acids is 4. The maximum atomic E-state index is 14.5. The summed E-state index contributed by atoms with van der Waals surface area (Å²) in [6.07, 6.45) is 3.19. The molecule has 1 fully saturated rings. The number of carboxylic acid groups (broad SMARTS) is 4. The first kappa shape index (κ1) is 75.0. The van der Waals surface area contributed by atoms with Gasteiger partial charge in [-0.3, -0.25) is 48.1 Å². The van der Waals surface area contributed by atoms with Gasteiger partial charge in [0, 0.05) is 51.0 Å². The molecule has 29 nitrogen and oxygen atoms in total. The average molecular weight is 1250 g/mol. The Balaban J connectivity index is 2.80. The van der Waals surface area contributed by atoms with Crippen molar-refractivity contribution in [2.24, 2.45) is 45.9 Å². The van der Waals surface area contributed by atoms with Crippen LogP contribution in [0.25, 0.3) is 0 Å². The van der Waals surface area contributed by atoms with Crippen LogP contribution in [0.1, 0.15) is 99.0 Å². The number of benzene rings is 1. The van der Waals surface area contributed by atoms with E-state index in [0.717, 1.165) is 22.2 Å². The lowest BCUT2D eigenvalue weighted by Gasteiger charge is -2.30. The summed E-state index contributed by atoms with van der Waals surface area (Å²) >= 11 is 0.772. The number of allylic oxidation sites excluding steroid dienone is 2. The van der Waals surface area contributed by atoms with E-state index in [1.165, 1.54) is 33.9 Å². The molecule has 8 amide bonds. The number of methoxy groups -OCH3 is 1. The third-order valence-corrected chi connectivity index (χ3v) is 15.4. The van der Waals surface area contributed by atoms with Crippen LogP contribution < -0.4 is 54.4 Å². The van der Waals surface area contributed by atoms with Crippen molar-refractivity contribution < 1.29 is 82.7 Å². The van der Waals surface area contributed by atoms with Crippen LogP contribution in [0.4, 0.5) is 0 Å². The van der Waals surface area contributed by atoms with Crippen LogP contribution in [0.3, 0.4) is 0 Å². The Kier molecular flexibility index (Phi) is 32.3. The monoisotopic (exact) mass is 1240 g/mol. The van der Waals surface area contributed by atoms with E-state index in [1.54, 1.807) is 34.0 Å². The van der Waals surface area contributed by atoms with Crippen molar-refractivity contribution in [2.45, 2.75) is 160 Å². The highest BCUT2D eigenvalue weighted by Gasteiger charge is 2.38. The highest BCUT2D eigenvalue weighted by molar-refractivity contribution is 7.99. The van der Waals surface area contributed by atoms with Crippen LogP contribution in [-0.2, 0) is 68.7 Å². The van der Waals surface area contributed by atoms with Crippen molar-refractivity contribution in [1.82, 2.24) is 42.1 Å². The van der Waals surface area contributed by atoms with Crippen LogP contribution in [-0.4, -0.2) is 195 Å². The molecule has 17 N–H and O–H groups in total. The number of guanidine groups is 1. The molecule has 4 unspecified atom stereocenters. The van der Waals surface area contributed by atoms with Crippen molar-refractivity contribution in [1.29, 1.82) is 0 Å². The van der Waals surface area contributed by atoms with Crippen molar-refractivity contribution in [3.63, 3.8) is 0 Å². The first-order valence-corrected chi connectivity index (χ1v) is 29.5. The number of likely N-dealkylation sites (N-methyl/N-ethyl adjacent to an activating group) is 1. The number of nitrogens with two attached hydrogens (primary N) is 3. The summed E-state index contributed by atoms with van der Waals surface area (Å²) in [6, 6.07) is -4.36. The quantitative estimate of drug-likeness (QED) is 0.0241. The molecule has 87 heavy (non-hydrogen) atoms. The Labute approximate surface area is 510 Å². The Hall–Kier alpha value is -8.12. The molecule has 2 rings (SSSR count). The molecule has 0 radical (unpaired) electrons. The van der Waals surface area contributed by atoms with E-state index in [-0.39, 0.29) is 56.1 Å². The van der Waals surface area contributed by atoms with Crippen molar-refractivity contribution >= 4 is 88.9 Å². The summed E-state index contributed by atoms with van der Waals surface area (Å²) in [5.41, 5.74) is 18.2. The zero-order valence-electron chi connectivity index (χ0n) is 50.6. The predicted octanol–water partition coefficient (Wildman–Crippen LogP) is -1.03. The zero-order chi connectivity index (χ0) is 65.8. The lowest BCUT2D eigenvalue weighted by atomic mass is 9.94. The number of ether oxygens (including phenoxy) is 1. The molecule has 0 bridgehead atoms. The number of carbonyl (C=O) groups is 12. The first-order valence-electron chi connectivity index (χ1n) is 28.4. The second-order valence-corrected chi connectivity index (χ2v) is 23.0. The molecular formula is C57H88N12O17S. The summed E-state index contributed by atoms with van der Waals surface area (Å²) in [6.45, 7) is 10.9. The number of aliphatic carboxylic acids is 4. The Morgan fingerprint density at radius 3 is 2.00 bits per heavy atom. The lowest BCUT2D eigenvalue weighted by Crippen LogP contribution is -2.59. The molecule has 0 spiro atoms. The minimum atomic E-state index is -1.97. The second-order valence-electron chi connectivity index (χ2n) is 21.9. The summed E-state index contributed by atoms with van der Waals surface area (Å²) in [4.78, 5) is 166. The minimum absolute atomic E-state index is 0.0211. The van der Waals surface area contributed by atoms with Crippen molar-refractivity contribution in [2.75, 3.05) is 32.2 Å². The van der Waals surface area contributed by atoms with Crippen molar-refractivity contribution in [3.8, 4) is 0 Å². The normalized spacial score (nSPS) is 24.3. The number of thioether (sulfide) groups is 1. The average Bonchev–Trinajstić information content (AvgIpc) is 3.60. The van der Waals surface area contributed by atoms with Crippen LogP contribution in [0.2, 0.25) is 0 Å². The number of aliphatic imine (C=N–C) groups is 1. The molecule has 0 saturated carbocycles. The SMILES string of the molecule is CO[C@@H](Cc1ccccc1)[C@@H](C)/C=C(C)/C=C/C1NC(=O)C(CCCN=C(N)N)NC(=O)[C@@H](C)C(C(=O)O)NC(=O)[C@H](CC(C)C)NC(=O)[C@@H](C)NC(=O)C(CSC[C@H](NC(=O)CC[C@H](N)C(=O)O)C(=O)O)N(C)C(=O)CC[C@H](C(=O)O)NC(=O)[C@H]1C. The number of carbonyl (C=O) groups excluding carboxylic acids is 8. The maximum Gasteiger partial charge on any atom is 0.327 e. The fraction of sp³-hybridized carbons (Fsp3) is 0.596. The summed E-state index contributed by atoms with van der Waals surface area (Å²) < 4.78 is 5.83. The Morgan fingerprint density at radius 2 is 1.43 bits per heavy atom. The van der Waals surface area contributed by atoms with E-state index in [4.69, 9.17) is 27.0 Å². The molecule has 30 heteroatoms. The molecule has 1 saturated heterocycles. The van der Waals surface area contributed by atoms with Gasteiger partial charge in [-0.15, -0.1) is 0 Å². The lowest BCUT2D eigenvalue weighted by molar-refractivity contribution is -0.146. The van der Waals surface area contributed by atoms with Gasteiger partial charge in [0.05, 0.1) is 24.0 Å². The van der Waals surface area contributed by atoms with Crippen LogP contribution in [0.5, 0.6) is 0 Å². The zero-order valence-corrected chi connectivity index (χ0v) is 51.4. The topological polar surface area (TPSA) is 473 Å². The van der Waals surface area contributed by atoms with Gasteiger partial charge in [-0.25, -0.2) is 14.4 Å². The highest BCUT2D eigenvalue weighted by atomic mass is 32.2. The van der Waals surface area contributed by atoms with Crippen LogP contribution in [0.15, 0.2) is 59.1 Å². The van der Waals surface area contributed by atoms with Gasteiger partial charge in [0.2, 0.25) is 47.3 Å². The fourth-order valence-corrected chi connectivity index (χ4v) is 10.1. The first-order chi connectivity index (χ1) is 40.8. The molecule has 1 aliphatic rings. The second kappa shape index (κ2) is 37.4. The van der Waals surface area contributed by atoms with Gasteiger partial charge >= 0.3 is 23.9 Å². The molecule has 484 valence electrons. The van der Waals surface area contributed by atoms with E-state index in [0.29, 0.717) is 12.0 Å². The number of rotatable bonds is 25. The van der Waals surface area contributed by atoms with Gasteiger partial charge in [0.25, 0.3) is 0 Å². The smallest absolute Gasteiger partial charge is 0.327 e. The molecule has 1 aromatic rings. The van der Waals surface area contributed by atoms with Crippen LogP contribution >= 0.6 is 11.8 Å².